The summed E-state index contributed by atoms with van der Waals surface area (Å²) in [6, 6.07) is 6.69. The van der Waals surface area contributed by atoms with Crippen LogP contribution in [0, 0.1) is 5.92 Å². The number of para-hydroxylation sites is 1. The molecule has 1 saturated carbocycles. The van der Waals surface area contributed by atoms with Crippen molar-refractivity contribution in [3.05, 3.63) is 48.4 Å². The summed E-state index contributed by atoms with van der Waals surface area (Å²) in [6.45, 7) is 0. The molecular formula is C22H21ClN6O5S. The molecule has 11 nitrogen and oxygen atoms in total. The summed E-state index contributed by atoms with van der Waals surface area (Å²) in [6.07, 6.45) is 5.26. The molecule has 1 aliphatic rings. The van der Waals surface area contributed by atoms with Gasteiger partial charge in [-0.05, 0) is 25.0 Å². The zero-order chi connectivity index (χ0) is 25.2. The Kier molecular flexibility index (Phi) is 6.85. The minimum Gasteiger partial charge on any atom is -0.494 e. The lowest BCUT2D eigenvalue weighted by molar-refractivity contribution is -0.117. The van der Waals surface area contributed by atoms with E-state index in [0.29, 0.717) is 28.5 Å². The van der Waals surface area contributed by atoms with Crippen LogP contribution in [0.3, 0.4) is 0 Å². The van der Waals surface area contributed by atoms with Crippen LogP contribution in [0.1, 0.15) is 23.2 Å². The maximum atomic E-state index is 12.4. The molecule has 4 rings (SSSR count). The van der Waals surface area contributed by atoms with Gasteiger partial charge < -0.3 is 20.7 Å². The quantitative estimate of drug-likeness (QED) is 0.383. The molecule has 0 aliphatic heterocycles. The molecule has 0 spiro atoms. The Labute approximate surface area is 205 Å². The van der Waals surface area contributed by atoms with E-state index in [1.54, 1.807) is 24.3 Å². The van der Waals surface area contributed by atoms with Crippen molar-refractivity contribution >= 4 is 48.7 Å². The van der Waals surface area contributed by atoms with E-state index in [1.807, 2.05) is 0 Å². The number of aromatic nitrogens is 3. The first-order chi connectivity index (χ1) is 16.7. The molecule has 35 heavy (non-hydrogen) atoms. The van der Waals surface area contributed by atoms with Gasteiger partial charge in [0.1, 0.15) is 10.7 Å². The van der Waals surface area contributed by atoms with Gasteiger partial charge in [-0.25, -0.2) is 23.4 Å². The first kappa shape index (κ1) is 24.4. The molecule has 0 atom stereocenters. The Morgan fingerprint density at radius 3 is 2.40 bits per heavy atom. The van der Waals surface area contributed by atoms with Crippen LogP contribution in [0.25, 0.3) is 11.4 Å². The van der Waals surface area contributed by atoms with Gasteiger partial charge in [-0.3, -0.25) is 9.59 Å². The van der Waals surface area contributed by atoms with Crippen molar-refractivity contribution in [3.63, 3.8) is 0 Å². The number of nitrogens with zero attached hydrogens (tertiary/aromatic N) is 3. The predicted molar refractivity (Wildman–Crippen MR) is 129 cm³/mol. The van der Waals surface area contributed by atoms with E-state index in [9.17, 15) is 18.0 Å². The second-order valence-electron chi connectivity index (χ2n) is 7.65. The van der Waals surface area contributed by atoms with Crippen molar-refractivity contribution in [3.8, 4) is 17.1 Å². The second-order valence-corrected chi connectivity index (χ2v) is 10.2. The summed E-state index contributed by atoms with van der Waals surface area (Å²) in [5, 5.41) is 8.49. The summed E-state index contributed by atoms with van der Waals surface area (Å²) in [7, 11) is 4.33. The molecule has 13 heteroatoms. The summed E-state index contributed by atoms with van der Waals surface area (Å²) < 4.78 is 28.6. The molecule has 0 unspecified atom stereocenters. The molecule has 182 valence electrons. The average Bonchev–Trinajstić information content (AvgIpc) is 3.69. The van der Waals surface area contributed by atoms with Crippen LogP contribution >= 0.6 is 10.7 Å². The van der Waals surface area contributed by atoms with Gasteiger partial charge in [-0.2, -0.15) is 0 Å². The fourth-order valence-corrected chi connectivity index (χ4v) is 3.87. The predicted octanol–water partition coefficient (Wildman–Crippen LogP) is 2.93. The zero-order valence-electron chi connectivity index (χ0n) is 18.7. The summed E-state index contributed by atoms with van der Waals surface area (Å²) in [5.41, 5.74) is 1.56. The number of hydrogen-bond acceptors (Lipinski definition) is 9. The van der Waals surface area contributed by atoms with E-state index in [2.05, 4.69) is 30.9 Å². The van der Waals surface area contributed by atoms with Gasteiger partial charge in [0.15, 0.2) is 11.6 Å². The number of carbonyl (C=O) groups excluding carboxylic acids is 2. The van der Waals surface area contributed by atoms with E-state index in [0.717, 1.165) is 25.2 Å². The lowest BCUT2D eigenvalue weighted by Crippen LogP contribution is -2.20. The summed E-state index contributed by atoms with van der Waals surface area (Å²) in [5.74, 6) is 0.342. The van der Waals surface area contributed by atoms with Gasteiger partial charge in [-0.1, -0.05) is 6.07 Å². The summed E-state index contributed by atoms with van der Waals surface area (Å²) in [4.78, 5) is 36.8. The number of amides is 2. The monoisotopic (exact) mass is 516 g/mol. The largest absolute Gasteiger partial charge is 0.494 e. The Morgan fingerprint density at radius 1 is 1.09 bits per heavy atom. The van der Waals surface area contributed by atoms with Gasteiger partial charge >= 0.3 is 0 Å². The molecule has 1 fully saturated rings. The number of anilines is 3. The molecule has 1 aromatic carbocycles. The SMILES string of the molecule is CNC(=O)c1cnc(NC(=O)C2CC2)cc1Nc1cccc(-c2ncc(S(=O)(=O)Cl)cn2)c1OC. The molecule has 0 saturated heterocycles. The third-order valence-corrected chi connectivity index (χ3v) is 6.52. The van der Waals surface area contributed by atoms with E-state index < -0.39 is 9.05 Å². The van der Waals surface area contributed by atoms with Crippen molar-refractivity contribution in [1.29, 1.82) is 0 Å². The molecule has 3 aromatic rings. The fraction of sp³-hybridized carbons (Fsp3) is 0.227. The van der Waals surface area contributed by atoms with Gasteiger partial charge in [0.25, 0.3) is 15.0 Å². The van der Waals surface area contributed by atoms with Crippen LogP contribution in [-0.4, -0.2) is 49.3 Å². The number of nitrogens with one attached hydrogen (secondary N) is 3. The number of ether oxygens (including phenoxy) is 1. The van der Waals surface area contributed by atoms with Crippen molar-refractivity contribution in [2.45, 2.75) is 17.7 Å². The van der Waals surface area contributed by atoms with Gasteiger partial charge in [-0.15, -0.1) is 0 Å². The first-order valence-corrected chi connectivity index (χ1v) is 12.8. The van der Waals surface area contributed by atoms with Gasteiger partial charge in [0.05, 0.1) is 42.0 Å². The van der Waals surface area contributed by atoms with Crippen LogP contribution in [0.15, 0.2) is 47.8 Å². The van der Waals surface area contributed by atoms with Gasteiger partial charge in [0, 0.05) is 35.9 Å². The second kappa shape index (κ2) is 9.84. The number of pyridine rings is 1. The molecular weight excluding hydrogens is 496 g/mol. The molecule has 0 bridgehead atoms. The Bertz CT molecular complexity index is 1390. The number of hydrogen-bond donors (Lipinski definition) is 3. The van der Waals surface area contributed by atoms with Crippen molar-refractivity contribution in [1.82, 2.24) is 20.3 Å². The number of benzene rings is 1. The van der Waals surface area contributed by atoms with Crippen LogP contribution in [-0.2, 0) is 13.8 Å². The minimum absolute atomic E-state index is 0.0104. The van der Waals surface area contributed by atoms with Crippen LogP contribution in [0.5, 0.6) is 5.75 Å². The van der Waals surface area contributed by atoms with E-state index in [4.69, 9.17) is 15.4 Å². The van der Waals surface area contributed by atoms with Crippen molar-refractivity contribution in [2.75, 3.05) is 24.8 Å². The standard InChI is InChI=1S/C22H21ClN6O5S/c1-24-22(31)15-11-25-18(29-21(30)12-6-7-12)8-17(15)28-16-5-3-4-14(19(16)34-2)20-26-9-13(10-27-20)35(23,32)33/h3-5,8-12H,6-7H2,1-2H3,(H,24,31)(H2,25,28,29,30). The van der Waals surface area contributed by atoms with E-state index in [1.165, 1.54) is 20.4 Å². The van der Waals surface area contributed by atoms with Crippen molar-refractivity contribution < 1.29 is 22.7 Å². The lowest BCUT2D eigenvalue weighted by Gasteiger charge is -2.17. The Morgan fingerprint density at radius 2 is 1.80 bits per heavy atom. The highest BCUT2D eigenvalue weighted by Gasteiger charge is 2.30. The van der Waals surface area contributed by atoms with Crippen LogP contribution in [0.2, 0.25) is 0 Å². The van der Waals surface area contributed by atoms with Crippen molar-refractivity contribution in [2.24, 2.45) is 5.92 Å². The highest BCUT2D eigenvalue weighted by molar-refractivity contribution is 8.13. The zero-order valence-corrected chi connectivity index (χ0v) is 20.3. The Hall–Kier alpha value is -3.77. The molecule has 1 aliphatic carbocycles. The summed E-state index contributed by atoms with van der Waals surface area (Å²) >= 11 is 0. The molecule has 2 heterocycles. The van der Waals surface area contributed by atoms with Crippen LogP contribution in [0.4, 0.5) is 17.2 Å². The van der Waals surface area contributed by atoms with Crippen LogP contribution < -0.4 is 20.7 Å². The number of rotatable bonds is 8. The fourth-order valence-electron chi connectivity index (χ4n) is 3.27. The normalized spacial score (nSPS) is 13.1. The molecule has 3 N–H and O–H groups in total. The maximum Gasteiger partial charge on any atom is 0.264 e. The minimum atomic E-state index is -3.97. The van der Waals surface area contributed by atoms with E-state index >= 15 is 0 Å². The number of carbonyl (C=O) groups is 2. The molecule has 2 amide bonds. The maximum absolute atomic E-state index is 12.4. The Balaban J connectivity index is 1.71. The smallest absolute Gasteiger partial charge is 0.264 e. The topological polar surface area (TPSA) is 152 Å². The number of halogens is 1. The average molecular weight is 517 g/mol. The third-order valence-electron chi connectivity index (χ3n) is 5.21. The van der Waals surface area contributed by atoms with Gasteiger partial charge in [0.2, 0.25) is 5.91 Å². The third kappa shape index (κ3) is 5.49. The first-order valence-electron chi connectivity index (χ1n) is 10.5. The molecule has 0 radical (unpaired) electrons. The van der Waals surface area contributed by atoms with E-state index in [-0.39, 0.29) is 34.0 Å². The lowest BCUT2D eigenvalue weighted by atomic mass is 10.1. The highest BCUT2D eigenvalue weighted by atomic mass is 35.7. The highest BCUT2D eigenvalue weighted by Crippen LogP contribution is 2.37. The molecule has 2 aromatic heterocycles. The number of methoxy groups -OCH3 is 1.